The molecule has 3 aromatic rings. The minimum absolute atomic E-state index is 0.0109. The highest BCUT2D eigenvalue weighted by molar-refractivity contribution is 7.15. The van der Waals surface area contributed by atoms with Crippen molar-refractivity contribution in [3.05, 3.63) is 64.8 Å². The SMILES string of the molecule is COc1ccc([C@H]2CC[C@H](CN(c3cccc(-c4cnc(C5CC5)s4)c3)C(=O)[C@H]3CC[C@H](OCC=O)CC3)CC2)cc1C. The van der Waals surface area contributed by atoms with Crippen LogP contribution in [0.25, 0.3) is 10.4 Å². The van der Waals surface area contributed by atoms with Gasteiger partial charge in [-0.25, -0.2) is 4.98 Å². The van der Waals surface area contributed by atoms with Gasteiger partial charge < -0.3 is 19.2 Å². The molecule has 2 aromatic carbocycles. The Kier molecular flexibility index (Phi) is 9.58. The predicted octanol–water partition coefficient (Wildman–Crippen LogP) is 8.09. The van der Waals surface area contributed by atoms with Gasteiger partial charge in [-0.2, -0.15) is 0 Å². The van der Waals surface area contributed by atoms with Crippen LogP contribution in [-0.4, -0.2) is 43.5 Å². The fourth-order valence-electron chi connectivity index (χ4n) is 7.05. The third kappa shape index (κ3) is 7.21. The van der Waals surface area contributed by atoms with Crippen molar-refractivity contribution in [2.75, 3.05) is 25.2 Å². The lowest BCUT2D eigenvalue weighted by atomic mass is 9.78. The first-order valence-corrected chi connectivity index (χ1v) is 16.9. The van der Waals surface area contributed by atoms with Crippen LogP contribution in [0.2, 0.25) is 0 Å². The maximum Gasteiger partial charge on any atom is 0.230 e. The number of rotatable bonds is 11. The van der Waals surface area contributed by atoms with E-state index in [1.165, 1.54) is 33.9 Å². The number of aldehydes is 1. The Morgan fingerprint density at radius 1 is 0.977 bits per heavy atom. The first-order chi connectivity index (χ1) is 21.0. The van der Waals surface area contributed by atoms with E-state index in [0.717, 1.165) is 81.2 Å². The molecule has 0 saturated heterocycles. The molecule has 228 valence electrons. The summed E-state index contributed by atoms with van der Waals surface area (Å²) in [5.74, 6) is 2.84. The van der Waals surface area contributed by atoms with Crippen molar-refractivity contribution in [3.8, 4) is 16.2 Å². The number of methoxy groups -OCH3 is 1. The molecule has 3 saturated carbocycles. The molecule has 3 fully saturated rings. The average Bonchev–Trinajstić information content (AvgIpc) is 3.78. The van der Waals surface area contributed by atoms with E-state index in [4.69, 9.17) is 14.5 Å². The van der Waals surface area contributed by atoms with Gasteiger partial charge in [0.05, 0.1) is 23.1 Å². The van der Waals surface area contributed by atoms with Crippen molar-refractivity contribution in [2.24, 2.45) is 11.8 Å². The van der Waals surface area contributed by atoms with Crippen LogP contribution in [-0.2, 0) is 14.3 Å². The number of anilines is 1. The van der Waals surface area contributed by atoms with Crippen molar-refractivity contribution >= 4 is 29.2 Å². The summed E-state index contributed by atoms with van der Waals surface area (Å²) in [6.07, 6.45) is 13.2. The monoisotopic (exact) mass is 600 g/mol. The predicted molar refractivity (Wildman–Crippen MR) is 172 cm³/mol. The standard InChI is InChI=1S/C36H44N2O4S/c1-24-20-29(14-17-33(24)41-2)26-8-6-25(7-9-26)23-38(36(40)28-12-15-32(16-13-28)42-19-18-39)31-5-3-4-30(21-31)34-22-37-35(43-34)27-10-11-27/h3-5,14,17-18,20-22,25-28,32H,6-13,15-16,19,23H2,1-2H3/t25-,26-,28-,32-. The topological polar surface area (TPSA) is 68.7 Å². The molecule has 0 atom stereocenters. The largest absolute Gasteiger partial charge is 0.496 e. The van der Waals surface area contributed by atoms with Crippen LogP contribution in [0.1, 0.15) is 92.2 Å². The molecule has 1 aromatic heterocycles. The second-order valence-corrected chi connectivity index (χ2v) is 13.8. The maximum absolute atomic E-state index is 14.2. The van der Waals surface area contributed by atoms with Crippen LogP contribution in [0, 0.1) is 18.8 Å². The van der Waals surface area contributed by atoms with Gasteiger partial charge >= 0.3 is 0 Å². The van der Waals surface area contributed by atoms with Gasteiger partial charge in [0.1, 0.15) is 18.6 Å². The number of hydrogen-bond donors (Lipinski definition) is 0. The van der Waals surface area contributed by atoms with Crippen molar-refractivity contribution in [1.82, 2.24) is 4.98 Å². The fourth-order valence-corrected chi connectivity index (χ4v) is 8.14. The van der Waals surface area contributed by atoms with Crippen molar-refractivity contribution in [3.63, 3.8) is 0 Å². The molecule has 0 radical (unpaired) electrons. The van der Waals surface area contributed by atoms with Crippen molar-refractivity contribution < 1.29 is 19.1 Å². The van der Waals surface area contributed by atoms with E-state index in [0.29, 0.717) is 17.8 Å². The summed E-state index contributed by atoms with van der Waals surface area (Å²) in [6.45, 7) is 3.02. The summed E-state index contributed by atoms with van der Waals surface area (Å²) in [7, 11) is 1.73. The summed E-state index contributed by atoms with van der Waals surface area (Å²) < 4.78 is 11.2. The molecule has 0 aliphatic heterocycles. The summed E-state index contributed by atoms with van der Waals surface area (Å²) in [5, 5.41) is 1.24. The Morgan fingerprint density at radius 3 is 2.44 bits per heavy atom. The molecule has 3 aliphatic carbocycles. The molecule has 1 amide bonds. The van der Waals surface area contributed by atoms with E-state index in [1.807, 2.05) is 6.20 Å². The number of carbonyl (C=O) groups is 2. The molecule has 0 N–H and O–H groups in total. The first-order valence-electron chi connectivity index (χ1n) is 16.1. The lowest BCUT2D eigenvalue weighted by molar-refractivity contribution is -0.125. The van der Waals surface area contributed by atoms with Gasteiger partial charge in [0.25, 0.3) is 0 Å². The molecule has 7 heteroatoms. The zero-order valence-electron chi connectivity index (χ0n) is 25.5. The van der Waals surface area contributed by atoms with Crippen LogP contribution in [0.4, 0.5) is 5.69 Å². The highest BCUT2D eigenvalue weighted by Gasteiger charge is 2.33. The molecule has 0 bridgehead atoms. The number of amides is 1. The number of thiazole rings is 1. The highest BCUT2D eigenvalue weighted by atomic mass is 32.1. The lowest BCUT2D eigenvalue weighted by Gasteiger charge is -2.36. The third-order valence-electron chi connectivity index (χ3n) is 9.76. The Bertz CT molecular complexity index is 1400. The number of ether oxygens (including phenoxy) is 2. The van der Waals surface area contributed by atoms with Gasteiger partial charge in [0.2, 0.25) is 5.91 Å². The zero-order chi connectivity index (χ0) is 29.8. The van der Waals surface area contributed by atoms with Crippen LogP contribution in [0.15, 0.2) is 48.7 Å². The van der Waals surface area contributed by atoms with Crippen LogP contribution in [0.3, 0.4) is 0 Å². The third-order valence-corrected chi connectivity index (χ3v) is 11.0. The molecular weight excluding hydrogens is 556 g/mol. The number of hydrogen-bond acceptors (Lipinski definition) is 6. The number of benzene rings is 2. The summed E-state index contributed by atoms with van der Waals surface area (Å²) >= 11 is 1.80. The Labute approximate surface area is 259 Å². The second-order valence-electron chi connectivity index (χ2n) is 12.8. The van der Waals surface area contributed by atoms with E-state index in [2.05, 4.69) is 54.3 Å². The molecule has 0 unspecified atom stereocenters. The van der Waals surface area contributed by atoms with Gasteiger partial charge in [0, 0.05) is 30.3 Å². The van der Waals surface area contributed by atoms with Crippen molar-refractivity contribution in [2.45, 2.75) is 89.1 Å². The average molecular weight is 601 g/mol. The quantitative estimate of drug-likeness (QED) is 0.208. The van der Waals surface area contributed by atoms with Gasteiger partial charge in [-0.1, -0.05) is 24.3 Å². The van der Waals surface area contributed by atoms with E-state index in [1.54, 1.807) is 18.4 Å². The Hall–Kier alpha value is -3.03. The molecule has 0 spiro atoms. The number of aryl methyl sites for hydroxylation is 1. The van der Waals surface area contributed by atoms with Gasteiger partial charge in [-0.3, -0.25) is 4.79 Å². The van der Waals surface area contributed by atoms with E-state index in [9.17, 15) is 9.59 Å². The normalized spacial score (nSPS) is 24.0. The molecule has 6 rings (SSSR count). The van der Waals surface area contributed by atoms with E-state index < -0.39 is 0 Å². The number of carbonyl (C=O) groups excluding carboxylic acids is 2. The minimum Gasteiger partial charge on any atom is -0.496 e. The Balaban J connectivity index is 1.17. The molecule has 43 heavy (non-hydrogen) atoms. The van der Waals surface area contributed by atoms with Gasteiger partial charge in [-0.05, 0) is 118 Å². The number of nitrogens with zero attached hydrogens (tertiary/aromatic N) is 2. The van der Waals surface area contributed by atoms with Crippen LogP contribution >= 0.6 is 11.3 Å². The fraction of sp³-hybridized carbons (Fsp3) is 0.528. The van der Waals surface area contributed by atoms with E-state index in [-0.39, 0.29) is 24.5 Å². The smallest absolute Gasteiger partial charge is 0.230 e. The van der Waals surface area contributed by atoms with Gasteiger partial charge in [-0.15, -0.1) is 11.3 Å². The molecular formula is C36H44N2O4S. The summed E-state index contributed by atoms with van der Waals surface area (Å²) in [4.78, 5) is 33.0. The van der Waals surface area contributed by atoms with E-state index >= 15 is 0 Å². The molecule has 1 heterocycles. The van der Waals surface area contributed by atoms with Crippen molar-refractivity contribution in [1.29, 1.82) is 0 Å². The summed E-state index contributed by atoms with van der Waals surface area (Å²) in [5.41, 5.74) is 4.73. The summed E-state index contributed by atoms with van der Waals surface area (Å²) in [6, 6.07) is 15.2. The van der Waals surface area contributed by atoms with Crippen LogP contribution < -0.4 is 9.64 Å². The minimum atomic E-state index is -0.0109. The molecule has 6 nitrogen and oxygen atoms in total. The maximum atomic E-state index is 14.2. The molecule has 3 aliphatic rings. The van der Waals surface area contributed by atoms with Crippen LogP contribution in [0.5, 0.6) is 5.75 Å². The zero-order valence-corrected chi connectivity index (χ0v) is 26.3. The second kappa shape index (κ2) is 13.7. The highest BCUT2D eigenvalue weighted by Crippen LogP contribution is 2.44. The number of aromatic nitrogens is 1. The Morgan fingerprint density at radius 2 is 1.74 bits per heavy atom. The first kappa shape index (κ1) is 30.0. The lowest BCUT2D eigenvalue weighted by Crippen LogP contribution is -2.42. The van der Waals surface area contributed by atoms with Gasteiger partial charge in [0.15, 0.2) is 0 Å².